The number of nitrogens with one attached hydrogen (secondary N) is 3. The van der Waals surface area contributed by atoms with Gasteiger partial charge < -0.3 is 16.0 Å². The van der Waals surface area contributed by atoms with Crippen LogP contribution in [-0.4, -0.2) is 39.2 Å². The van der Waals surface area contributed by atoms with Crippen LogP contribution >= 0.6 is 0 Å². The van der Waals surface area contributed by atoms with Crippen molar-refractivity contribution in [1.82, 2.24) is 10.6 Å². The summed E-state index contributed by atoms with van der Waals surface area (Å²) in [6.45, 7) is 8.36. The zero-order valence-electron chi connectivity index (χ0n) is 24.1. The van der Waals surface area contributed by atoms with Gasteiger partial charge in [-0.2, -0.15) is 0 Å². The first-order valence-electron chi connectivity index (χ1n) is 14.8. The molecule has 1 atom stereocenters. The second-order valence-corrected chi connectivity index (χ2v) is 10.9. The maximum absolute atomic E-state index is 4.94. The monoisotopic (exact) mass is 507 g/mol. The Bertz CT molecular complexity index is 951. The van der Waals surface area contributed by atoms with Crippen LogP contribution in [0.2, 0.25) is 0 Å². The molecule has 1 unspecified atom stereocenters. The van der Waals surface area contributed by atoms with Gasteiger partial charge in [0.15, 0.2) is 0 Å². The van der Waals surface area contributed by atoms with Gasteiger partial charge in [0.25, 0.3) is 0 Å². The number of anilines is 1. The van der Waals surface area contributed by atoms with Gasteiger partial charge in [-0.1, -0.05) is 65.0 Å². The average molecular weight is 508 g/mol. The molecule has 37 heavy (non-hydrogen) atoms. The molecule has 3 N–H and O–H groups in total. The minimum absolute atomic E-state index is 0. The van der Waals surface area contributed by atoms with Gasteiger partial charge in [0, 0.05) is 51.8 Å². The van der Waals surface area contributed by atoms with E-state index in [0.717, 1.165) is 43.4 Å². The second-order valence-electron chi connectivity index (χ2n) is 10.9. The fraction of sp³-hybridized carbons (Fsp3) is 0.625. The summed E-state index contributed by atoms with van der Waals surface area (Å²) in [6, 6.07) is 8.82. The van der Waals surface area contributed by atoms with E-state index >= 15 is 0 Å². The third kappa shape index (κ3) is 8.84. The Hall–Kier alpha value is -2.40. The molecule has 0 saturated heterocycles. The minimum Gasteiger partial charge on any atom is -0.383 e. The quantitative estimate of drug-likeness (QED) is 0.236. The number of hydrogen-bond acceptors (Lipinski definition) is 5. The van der Waals surface area contributed by atoms with E-state index in [9.17, 15) is 0 Å². The molecule has 2 aliphatic carbocycles. The first kappa shape index (κ1) is 29.2. The Morgan fingerprint density at radius 2 is 1.78 bits per heavy atom. The molecule has 5 heteroatoms. The van der Waals surface area contributed by atoms with Crippen molar-refractivity contribution in [1.29, 1.82) is 0 Å². The SMILES string of the molecule is CC.CN=C/C1=C/N=C(Nc2ccc(C(NCCNC)=C3CC3)cc2)CCCC1(C)CC1CCCCC1.[HH]. The van der Waals surface area contributed by atoms with E-state index in [1.54, 1.807) is 0 Å². The first-order chi connectivity index (χ1) is 18.1. The maximum Gasteiger partial charge on any atom is 0.106 e. The van der Waals surface area contributed by atoms with Crippen LogP contribution in [0.1, 0.15) is 98.4 Å². The van der Waals surface area contributed by atoms with E-state index in [4.69, 9.17) is 4.99 Å². The van der Waals surface area contributed by atoms with Crippen LogP contribution in [0, 0.1) is 11.3 Å². The lowest BCUT2D eigenvalue weighted by molar-refractivity contribution is 0.228. The molecule has 4 rings (SSSR count). The van der Waals surface area contributed by atoms with Gasteiger partial charge in [-0.25, -0.2) is 4.99 Å². The molecule has 0 bridgehead atoms. The number of benzene rings is 1. The Kier molecular flexibility index (Phi) is 11.9. The Morgan fingerprint density at radius 3 is 2.43 bits per heavy atom. The molecule has 1 aliphatic heterocycles. The molecule has 0 radical (unpaired) electrons. The topological polar surface area (TPSA) is 60.8 Å². The molecule has 2 saturated carbocycles. The van der Waals surface area contributed by atoms with E-state index in [2.05, 4.69) is 64.5 Å². The fourth-order valence-electron chi connectivity index (χ4n) is 5.77. The van der Waals surface area contributed by atoms with Gasteiger partial charge in [-0.05, 0) is 79.3 Å². The third-order valence-corrected chi connectivity index (χ3v) is 7.92. The zero-order valence-corrected chi connectivity index (χ0v) is 24.1. The predicted molar refractivity (Wildman–Crippen MR) is 165 cm³/mol. The Balaban J connectivity index is 0.00000165. The van der Waals surface area contributed by atoms with E-state index in [1.165, 1.54) is 80.2 Å². The Labute approximate surface area is 227 Å². The van der Waals surface area contributed by atoms with Crippen molar-refractivity contribution in [2.45, 2.75) is 91.4 Å². The summed E-state index contributed by atoms with van der Waals surface area (Å²) in [6.07, 6.45) is 18.2. The van der Waals surface area contributed by atoms with Crippen LogP contribution in [0.4, 0.5) is 5.69 Å². The zero-order chi connectivity index (χ0) is 26.5. The van der Waals surface area contributed by atoms with Gasteiger partial charge in [-0.3, -0.25) is 4.99 Å². The fourth-order valence-corrected chi connectivity index (χ4v) is 5.77. The number of aliphatic imine (C=N–C) groups is 2. The summed E-state index contributed by atoms with van der Waals surface area (Å²) in [7, 11) is 3.87. The van der Waals surface area contributed by atoms with Crippen molar-refractivity contribution in [3.8, 4) is 0 Å². The highest BCUT2D eigenvalue weighted by Crippen LogP contribution is 2.43. The highest BCUT2D eigenvalue weighted by molar-refractivity contribution is 5.96. The van der Waals surface area contributed by atoms with Crippen molar-refractivity contribution in [3.05, 3.63) is 47.2 Å². The lowest BCUT2D eigenvalue weighted by Gasteiger charge is -2.36. The number of rotatable bonds is 9. The van der Waals surface area contributed by atoms with Crippen molar-refractivity contribution in [3.63, 3.8) is 0 Å². The summed E-state index contributed by atoms with van der Waals surface area (Å²) >= 11 is 0. The highest BCUT2D eigenvalue weighted by atomic mass is 15.0. The molecule has 0 aromatic heterocycles. The van der Waals surface area contributed by atoms with Gasteiger partial charge in [0.2, 0.25) is 0 Å². The predicted octanol–water partition coefficient (Wildman–Crippen LogP) is 7.83. The summed E-state index contributed by atoms with van der Waals surface area (Å²) < 4.78 is 0. The maximum atomic E-state index is 4.94. The van der Waals surface area contributed by atoms with Crippen LogP contribution in [0.3, 0.4) is 0 Å². The number of amidine groups is 1. The lowest BCUT2D eigenvalue weighted by Crippen LogP contribution is -2.27. The van der Waals surface area contributed by atoms with Crippen LogP contribution < -0.4 is 16.0 Å². The van der Waals surface area contributed by atoms with Gasteiger partial charge >= 0.3 is 0 Å². The molecule has 0 spiro atoms. The standard InChI is InChI=1S/C30H45N5.C2H6.H2/c1-30(20-23-8-5-4-6-9-23)17-7-10-28(34-22-26(30)21-32-3)35-27-15-13-25(14-16-27)29(24-11-12-24)33-19-18-31-2;1-2;/h13-16,21-23,31,33H,4-12,17-20H2,1-3H3,(H,34,35);1-2H3;1H/b26-22-,32-21?;;. The van der Waals surface area contributed by atoms with E-state index in [0.29, 0.717) is 0 Å². The van der Waals surface area contributed by atoms with Crippen molar-refractivity contribution < 1.29 is 1.43 Å². The average Bonchev–Trinajstić information content (AvgIpc) is 3.76. The van der Waals surface area contributed by atoms with E-state index in [-0.39, 0.29) is 6.84 Å². The summed E-state index contributed by atoms with van der Waals surface area (Å²) in [5, 5.41) is 10.4. The molecular weight excluding hydrogens is 454 g/mol. The minimum atomic E-state index is 0. The lowest BCUT2D eigenvalue weighted by atomic mass is 9.69. The van der Waals surface area contributed by atoms with Crippen LogP contribution in [-0.2, 0) is 0 Å². The molecule has 2 fully saturated rings. The van der Waals surface area contributed by atoms with Crippen molar-refractivity contribution in [2.75, 3.05) is 32.5 Å². The second kappa shape index (κ2) is 15.1. The molecule has 1 aromatic rings. The van der Waals surface area contributed by atoms with Crippen LogP contribution in [0.25, 0.3) is 5.70 Å². The van der Waals surface area contributed by atoms with Gasteiger partial charge in [-0.15, -0.1) is 0 Å². The first-order valence-corrected chi connectivity index (χ1v) is 14.8. The molecule has 0 amide bonds. The van der Waals surface area contributed by atoms with Gasteiger partial charge in [0.05, 0.1) is 0 Å². The van der Waals surface area contributed by atoms with Crippen LogP contribution in [0.5, 0.6) is 0 Å². The number of nitrogens with zero attached hydrogens (tertiary/aromatic N) is 2. The number of allylic oxidation sites excluding steroid dienone is 2. The van der Waals surface area contributed by atoms with E-state index in [1.807, 2.05) is 27.9 Å². The van der Waals surface area contributed by atoms with Gasteiger partial charge in [0.1, 0.15) is 5.84 Å². The molecular formula is C32H53N5. The smallest absolute Gasteiger partial charge is 0.106 e. The summed E-state index contributed by atoms with van der Waals surface area (Å²) in [5.41, 5.74) is 6.70. The largest absolute Gasteiger partial charge is 0.383 e. The molecule has 206 valence electrons. The number of likely N-dealkylation sites (N-methyl/N-ethyl adjacent to an activating group) is 1. The van der Waals surface area contributed by atoms with Crippen molar-refractivity contribution >= 4 is 23.4 Å². The Morgan fingerprint density at radius 1 is 1.05 bits per heavy atom. The summed E-state index contributed by atoms with van der Waals surface area (Å²) in [5.74, 6) is 1.90. The summed E-state index contributed by atoms with van der Waals surface area (Å²) in [4.78, 5) is 9.34. The molecule has 1 aromatic carbocycles. The molecule has 3 aliphatic rings. The van der Waals surface area contributed by atoms with Crippen LogP contribution in [0.15, 0.2) is 51.6 Å². The third-order valence-electron chi connectivity index (χ3n) is 7.92. The van der Waals surface area contributed by atoms with E-state index < -0.39 is 0 Å². The van der Waals surface area contributed by atoms with Crippen molar-refractivity contribution in [2.24, 2.45) is 21.3 Å². The normalized spacial score (nSPS) is 23.6. The highest BCUT2D eigenvalue weighted by Gasteiger charge is 2.32. The number of hydrogen-bond donors (Lipinski definition) is 3. The molecule has 5 nitrogen and oxygen atoms in total. The molecule has 1 heterocycles.